The quantitative estimate of drug-likeness (QED) is 0.892. The first kappa shape index (κ1) is 16.1. The van der Waals surface area contributed by atoms with Gasteiger partial charge in [-0.1, -0.05) is 12.8 Å². The van der Waals surface area contributed by atoms with Crippen LogP contribution >= 0.6 is 0 Å². The van der Waals surface area contributed by atoms with Crippen molar-refractivity contribution in [1.29, 1.82) is 0 Å². The molecule has 0 unspecified atom stereocenters. The van der Waals surface area contributed by atoms with Crippen LogP contribution in [0.4, 0.5) is 0 Å². The highest BCUT2D eigenvalue weighted by Gasteiger charge is 2.37. The van der Waals surface area contributed by atoms with E-state index in [0.29, 0.717) is 16.8 Å². The first-order valence-corrected chi connectivity index (χ1v) is 9.01. The molecule has 0 aliphatic heterocycles. The van der Waals surface area contributed by atoms with E-state index in [-0.39, 0.29) is 17.5 Å². The van der Waals surface area contributed by atoms with Gasteiger partial charge in [0.25, 0.3) is 11.8 Å². The van der Waals surface area contributed by atoms with E-state index in [1.807, 2.05) is 0 Å². The molecule has 3 N–H and O–H groups in total. The highest BCUT2D eigenvalue weighted by atomic mass is 16.2. The van der Waals surface area contributed by atoms with Crippen molar-refractivity contribution in [2.75, 3.05) is 0 Å². The van der Waals surface area contributed by atoms with Crippen molar-refractivity contribution < 1.29 is 9.59 Å². The van der Waals surface area contributed by atoms with Gasteiger partial charge in [0.15, 0.2) is 5.65 Å². The molecule has 2 heterocycles. The molecule has 2 saturated carbocycles. The maximum Gasteiger partial charge on any atom is 0.270 e. The van der Waals surface area contributed by atoms with Gasteiger partial charge in [-0.25, -0.2) is 9.50 Å². The lowest BCUT2D eigenvalue weighted by Gasteiger charge is -2.37. The van der Waals surface area contributed by atoms with E-state index in [4.69, 9.17) is 5.73 Å². The number of nitrogens with two attached hydrogens (primary N) is 1. The Morgan fingerprint density at radius 2 is 1.92 bits per heavy atom. The molecular formula is C18H23N5O2. The summed E-state index contributed by atoms with van der Waals surface area (Å²) >= 11 is 0. The van der Waals surface area contributed by atoms with Crippen LogP contribution in [0.25, 0.3) is 5.65 Å². The van der Waals surface area contributed by atoms with E-state index in [1.165, 1.54) is 55.4 Å². The fourth-order valence-corrected chi connectivity index (χ4v) is 4.50. The van der Waals surface area contributed by atoms with Crippen molar-refractivity contribution in [3.05, 3.63) is 29.7 Å². The number of hydrogen-bond acceptors (Lipinski definition) is 4. The molecular weight excluding hydrogens is 318 g/mol. The van der Waals surface area contributed by atoms with Gasteiger partial charge in [-0.15, -0.1) is 0 Å². The molecule has 2 fully saturated rings. The summed E-state index contributed by atoms with van der Waals surface area (Å²) in [7, 11) is 0. The van der Waals surface area contributed by atoms with Crippen LogP contribution in [0.1, 0.15) is 72.2 Å². The maximum atomic E-state index is 12.7. The van der Waals surface area contributed by atoms with Gasteiger partial charge >= 0.3 is 0 Å². The summed E-state index contributed by atoms with van der Waals surface area (Å²) in [5.41, 5.74) is 6.77. The third-order valence-electron chi connectivity index (χ3n) is 5.95. The van der Waals surface area contributed by atoms with Gasteiger partial charge in [0.2, 0.25) is 0 Å². The van der Waals surface area contributed by atoms with E-state index in [9.17, 15) is 9.59 Å². The fourth-order valence-electron chi connectivity index (χ4n) is 4.50. The third-order valence-corrected chi connectivity index (χ3v) is 5.95. The summed E-state index contributed by atoms with van der Waals surface area (Å²) in [6.07, 6.45) is 12.7. The molecule has 7 heteroatoms. The zero-order valence-corrected chi connectivity index (χ0v) is 14.2. The molecule has 2 aliphatic rings. The standard InChI is InChI=1S/C18H23N5O2/c19-15(24)13-11-21-23-14(5-10-20-16(13)23)17(25)22-12-3-8-18(9-4-12)6-1-2-7-18/h5,10-12H,1-4,6-9H2,(H2,19,24)(H,22,25). The maximum absolute atomic E-state index is 12.7. The second-order valence-corrected chi connectivity index (χ2v) is 7.44. The van der Waals surface area contributed by atoms with Gasteiger partial charge in [0.1, 0.15) is 11.3 Å². The van der Waals surface area contributed by atoms with Crippen molar-refractivity contribution in [3.63, 3.8) is 0 Å². The molecule has 2 aliphatic carbocycles. The summed E-state index contributed by atoms with van der Waals surface area (Å²) in [4.78, 5) is 28.2. The Hall–Kier alpha value is -2.44. The number of hydrogen-bond donors (Lipinski definition) is 2. The minimum absolute atomic E-state index is 0.182. The van der Waals surface area contributed by atoms with Crippen LogP contribution in [0.5, 0.6) is 0 Å². The average Bonchev–Trinajstić information content (AvgIpc) is 3.24. The molecule has 2 aromatic rings. The Balaban J connectivity index is 1.48. The Labute approximate surface area is 146 Å². The van der Waals surface area contributed by atoms with E-state index in [2.05, 4.69) is 15.4 Å². The molecule has 132 valence electrons. The van der Waals surface area contributed by atoms with Crippen LogP contribution < -0.4 is 11.1 Å². The van der Waals surface area contributed by atoms with Crippen molar-refractivity contribution in [2.24, 2.45) is 11.1 Å². The molecule has 4 rings (SSSR count). The molecule has 2 aromatic heterocycles. The van der Waals surface area contributed by atoms with Gasteiger partial charge < -0.3 is 11.1 Å². The topological polar surface area (TPSA) is 102 Å². The lowest BCUT2D eigenvalue weighted by atomic mass is 9.71. The number of rotatable bonds is 3. The number of carbonyl (C=O) groups is 2. The molecule has 0 radical (unpaired) electrons. The molecule has 0 atom stereocenters. The normalized spacial score (nSPS) is 20.2. The van der Waals surface area contributed by atoms with Crippen molar-refractivity contribution >= 4 is 17.5 Å². The molecule has 0 bridgehead atoms. The second kappa shape index (κ2) is 6.13. The number of aromatic nitrogens is 3. The minimum Gasteiger partial charge on any atom is -0.365 e. The first-order valence-electron chi connectivity index (χ1n) is 9.01. The van der Waals surface area contributed by atoms with Crippen molar-refractivity contribution in [3.8, 4) is 0 Å². The number of amides is 2. The van der Waals surface area contributed by atoms with Crippen molar-refractivity contribution in [1.82, 2.24) is 19.9 Å². The predicted molar refractivity (Wildman–Crippen MR) is 92.1 cm³/mol. The number of fused-ring (bicyclic) bond motifs is 1. The zero-order valence-electron chi connectivity index (χ0n) is 14.2. The van der Waals surface area contributed by atoms with E-state index in [1.54, 1.807) is 6.07 Å². The third kappa shape index (κ3) is 2.88. The highest BCUT2D eigenvalue weighted by Crippen LogP contribution is 2.48. The highest BCUT2D eigenvalue weighted by molar-refractivity contribution is 5.99. The molecule has 1 spiro atoms. The lowest BCUT2D eigenvalue weighted by molar-refractivity contribution is 0.0889. The van der Waals surface area contributed by atoms with Crippen molar-refractivity contribution in [2.45, 2.75) is 57.4 Å². The summed E-state index contributed by atoms with van der Waals surface area (Å²) in [6, 6.07) is 1.81. The monoisotopic (exact) mass is 341 g/mol. The van der Waals surface area contributed by atoms with Crippen LogP contribution in [-0.2, 0) is 0 Å². The summed E-state index contributed by atoms with van der Waals surface area (Å²) in [6.45, 7) is 0. The number of nitrogens with one attached hydrogen (secondary N) is 1. The minimum atomic E-state index is -0.603. The van der Waals surface area contributed by atoms with E-state index < -0.39 is 5.91 Å². The Morgan fingerprint density at radius 1 is 1.20 bits per heavy atom. The van der Waals surface area contributed by atoms with Gasteiger partial charge in [0.05, 0.1) is 6.20 Å². The van der Waals surface area contributed by atoms with Gasteiger partial charge in [-0.2, -0.15) is 5.10 Å². The average molecular weight is 341 g/mol. The van der Waals surface area contributed by atoms with Gasteiger partial charge in [0, 0.05) is 12.2 Å². The molecule has 2 amide bonds. The predicted octanol–water partition coefficient (Wildman–Crippen LogP) is 2.06. The fraction of sp³-hybridized carbons (Fsp3) is 0.556. The summed E-state index contributed by atoms with van der Waals surface area (Å²) < 4.78 is 1.39. The lowest BCUT2D eigenvalue weighted by Crippen LogP contribution is -2.40. The van der Waals surface area contributed by atoms with E-state index >= 15 is 0 Å². The first-order chi connectivity index (χ1) is 12.1. The number of nitrogens with zero attached hydrogens (tertiary/aromatic N) is 3. The van der Waals surface area contributed by atoms with Crippen LogP contribution in [0, 0.1) is 5.41 Å². The smallest absolute Gasteiger partial charge is 0.270 e. The second-order valence-electron chi connectivity index (χ2n) is 7.44. The molecule has 0 aromatic carbocycles. The number of primary amides is 1. The Morgan fingerprint density at radius 3 is 2.60 bits per heavy atom. The summed E-state index contributed by atoms with van der Waals surface area (Å²) in [5, 5.41) is 7.23. The largest absolute Gasteiger partial charge is 0.365 e. The van der Waals surface area contributed by atoms with Crippen LogP contribution in [-0.4, -0.2) is 32.5 Å². The molecule has 25 heavy (non-hydrogen) atoms. The Kier molecular flexibility index (Phi) is 3.94. The van der Waals surface area contributed by atoms with Gasteiger partial charge in [-0.3, -0.25) is 9.59 Å². The molecule has 7 nitrogen and oxygen atoms in total. The van der Waals surface area contributed by atoms with Crippen LogP contribution in [0.15, 0.2) is 18.5 Å². The van der Waals surface area contributed by atoms with Crippen LogP contribution in [0.2, 0.25) is 0 Å². The molecule has 0 saturated heterocycles. The summed E-state index contributed by atoms with van der Waals surface area (Å²) in [5.74, 6) is -0.784. The SMILES string of the molecule is NC(=O)c1cnn2c(C(=O)NC3CCC4(CCCC4)CC3)ccnc12. The number of carbonyl (C=O) groups excluding carboxylic acids is 2. The zero-order chi connectivity index (χ0) is 17.4. The van der Waals surface area contributed by atoms with E-state index in [0.717, 1.165) is 12.8 Å². The van der Waals surface area contributed by atoms with Gasteiger partial charge in [-0.05, 0) is 50.0 Å². The van der Waals surface area contributed by atoms with Crippen LogP contribution in [0.3, 0.4) is 0 Å². The Bertz CT molecular complexity index is 812.